The van der Waals surface area contributed by atoms with Gasteiger partial charge in [0.05, 0.1) is 19.8 Å². The number of benzene rings is 2. The van der Waals surface area contributed by atoms with Gasteiger partial charge in [-0.25, -0.2) is 4.79 Å². The van der Waals surface area contributed by atoms with Gasteiger partial charge in [0, 0.05) is 13.0 Å². The highest BCUT2D eigenvalue weighted by Crippen LogP contribution is 2.35. The highest BCUT2D eigenvalue weighted by atomic mass is 16.5. The molecule has 0 aromatic heterocycles. The molecule has 32 heavy (non-hydrogen) atoms. The molecule has 2 aromatic carbocycles. The molecule has 0 amide bonds. The van der Waals surface area contributed by atoms with Crippen LogP contribution in [0.1, 0.15) is 41.7 Å². The quantitative estimate of drug-likeness (QED) is 0.396. The van der Waals surface area contributed by atoms with Crippen LogP contribution < -0.4 is 5.73 Å². The van der Waals surface area contributed by atoms with Crippen molar-refractivity contribution >= 4 is 11.9 Å². The summed E-state index contributed by atoms with van der Waals surface area (Å²) in [4.78, 5) is 22.0. The van der Waals surface area contributed by atoms with Crippen LogP contribution in [0.5, 0.6) is 5.75 Å². The van der Waals surface area contributed by atoms with Gasteiger partial charge in [-0.2, -0.15) is 0 Å². The molecule has 1 fully saturated rings. The number of aliphatic hydroxyl groups is 2. The Hall–Kier alpha value is -2.98. The van der Waals surface area contributed by atoms with Crippen molar-refractivity contribution in [2.45, 2.75) is 37.0 Å². The first-order valence-electron chi connectivity index (χ1n) is 10.1. The van der Waals surface area contributed by atoms with Crippen molar-refractivity contribution < 1.29 is 39.5 Å². The summed E-state index contributed by atoms with van der Waals surface area (Å²) in [6.07, 6.45) is 1.14. The van der Waals surface area contributed by atoms with Crippen molar-refractivity contribution in [2.75, 3.05) is 20.3 Å². The van der Waals surface area contributed by atoms with Gasteiger partial charge in [0.2, 0.25) is 0 Å². The number of carbonyl (C=O) groups excluding carboxylic acids is 1. The lowest BCUT2D eigenvalue weighted by Gasteiger charge is -2.14. The maximum absolute atomic E-state index is 11.2. The molecule has 3 atom stereocenters. The molecule has 0 radical (unpaired) electrons. The summed E-state index contributed by atoms with van der Waals surface area (Å²) in [5.74, 6) is -1.58. The number of carbonyl (C=O) groups is 2. The highest BCUT2D eigenvalue weighted by Gasteiger charge is 2.45. The Bertz CT molecular complexity index is 884. The Morgan fingerprint density at radius 1 is 1.19 bits per heavy atom. The summed E-state index contributed by atoms with van der Waals surface area (Å²) in [5, 5.41) is 36.3. The molecule has 1 saturated heterocycles. The van der Waals surface area contributed by atoms with Gasteiger partial charge < -0.3 is 35.6 Å². The molecule has 2 aromatic rings. The SMILES string of the molecule is COC(=O)[C@@H](N)c1ccc(CCCO)cc1.O=C(O)C1(O)COC(c2ccc(O)cc2)C1. The van der Waals surface area contributed by atoms with Gasteiger partial charge in [-0.05, 0) is 41.7 Å². The van der Waals surface area contributed by atoms with Crippen LogP contribution in [0.3, 0.4) is 0 Å². The van der Waals surface area contributed by atoms with Gasteiger partial charge in [-0.1, -0.05) is 36.4 Å². The van der Waals surface area contributed by atoms with Crippen molar-refractivity contribution in [3.05, 3.63) is 65.2 Å². The van der Waals surface area contributed by atoms with Crippen LogP contribution in [0, 0.1) is 0 Å². The van der Waals surface area contributed by atoms with Crippen molar-refractivity contribution in [2.24, 2.45) is 5.73 Å². The van der Waals surface area contributed by atoms with E-state index >= 15 is 0 Å². The zero-order chi connectivity index (χ0) is 23.7. The number of carboxylic acids is 1. The maximum Gasteiger partial charge on any atom is 0.338 e. The van der Waals surface area contributed by atoms with Crippen molar-refractivity contribution in [1.82, 2.24) is 0 Å². The molecule has 1 aliphatic rings. The van der Waals surface area contributed by atoms with Crippen molar-refractivity contribution in [1.29, 1.82) is 0 Å². The van der Waals surface area contributed by atoms with E-state index in [0.717, 1.165) is 29.5 Å². The Morgan fingerprint density at radius 3 is 2.31 bits per heavy atom. The van der Waals surface area contributed by atoms with E-state index in [0.29, 0.717) is 0 Å². The second-order valence-electron chi connectivity index (χ2n) is 7.50. The first kappa shape index (κ1) is 25.3. The maximum atomic E-state index is 11.2. The smallest absolute Gasteiger partial charge is 0.338 e. The van der Waals surface area contributed by atoms with Crippen molar-refractivity contribution in [3.8, 4) is 5.75 Å². The van der Waals surface area contributed by atoms with Crippen LogP contribution in [0.15, 0.2) is 48.5 Å². The molecule has 2 unspecified atom stereocenters. The summed E-state index contributed by atoms with van der Waals surface area (Å²) in [7, 11) is 1.32. The van der Waals surface area contributed by atoms with Crippen LogP contribution in [-0.4, -0.2) is 58.3 Å². The Kier molecular flexibility index (Phi) is 9.15. The average Bonchev–Trinajstić information content (AvgIpc) is 3.21. The number of aliphatic hydroxyl groups excluding tert-OH is 1. The topological polar surface area (TPSA) is 160 Å². The number of aryl methyl sites for hydroxylation is 1. The zero-order valence-corrected chi connectivity index (χ0v) is 17.8. The molecule has 1 heterocycles. The summed E-state index contributed by atoms with van der Waals surface area (Å²) in [6, 6.07) is 13.0. The number of phenols is 1. The molecule has 9 heteroatoms. The minimum Gasteiger partial charge on any atom is -0.508 e. The third kappa shape index (κ3) is 6.76. The third-order valence-electron chi connectivity index (χ3n) is 5.13. The van der Waals surface area contributed by atoms with E-state index in [4.69, 9.17) is 25.8 Å². The Labute approximate surface area is 186 Å². The number of phenolic OH excluding ortho intramolecular Hbond substituents is 1. The molecule has 1 aliphatic heterocycles. The molecule has 174 valence electrons. The van der Waals surface area contributed by atoms with Crippen LogP contribution in [-0.2, 0) is 25.5 Å². The normalized spacial score (nSPS) is 20.7. The first-order valence-corrected chi connectivity index (χ1v) is 10.1. The lowest BCUT2D eigenvalue weighted by Crippen LogP contribution is -2.38. The first-order chi connectivity index (χ1) is 15.2. The second kappa shape index (κ2) is 11.6. The van der Waals surface area contributed by atoms with Crippen LogP contribution in [0.4, 0.5) is 0 Å². The van der Waals surface area contributed by atoms with Crippen LogP contribution in [0.25, 0.3) is 0 Å². The minimum atomic E-state index is -1.80. The van der Waals surface area contributed by atoms with E-state index in [-0.39, 0.29) is 25.4 Å². The predicted octanol–water partition coefficient (Wildman–Crippen LogP) is 1.45. The number of rotatable bonds is 7. The number of ether oxygens (including phenoxy) is 2. The fourth-order valence-corrected chi connectivity index (χ4v) is 3.15. The van der Waals surface area contributed by atoms with Crippen LogP contribution in [0.2, 0.25) is 0 Å². The summed E-state index contributed by atoms with van der Waals surface area (Å²) >= 11 is 0. The lowest BCUT2D eigenvalue weighted by molar-refractivity contribution is -0.158. The van der Waals surface area contributed by atoms with Gasteiger partial charge in [0.1, 0.15) is 11.8 Å². The van der Waals surface area contributed by atoms with Gasteiger partial charge in [0.15, 0.2) is 5.60 Å². The standard InChI is InChI=1S/C12H17NO3.C11H12O5/c1-16-12(15)11(13)10-6-4-9(5-7-10)3-2-8-14;12-8-3-1-7(2-4-8)9-5-11(15,6-16-9)10(13)14/h4-7,11,14H,2-3,8,13H2,1H3;1-4,9,12,15H,5-6H2,(H,13,14)/t11-;/m0./s1. The van der Waals surface area contributed by atoms with E-state index in [1.165, 1.54) is 19.2 Å². The van der Waals surface area contributed by atoms with E-state index < -0.39 is 29.7 Å². The number of hydrogen-bond acceptors (Lipinski definition) is 8. The molecule has 9 nitrogen and oxygen atoms in total. The lowest BCUT2D eigenvalue weighted by atomic mass is 9.97. The summed E-state index contributed by atoms with van der Waals surface area (Å²) in [6.45, 7) is -0.0305. The number of nitrogens with two attached hydrogens (primary N) is 1. The molecule has 0 spiro atoms. The van der Waals surface area contributed by atoms with E-state index in [1.54, 1.807) is 12.1 Å². The second-order valence-corrected chi connectivity index (χ2v) is 7.50. The number of hydrogen-bond donors (Lipinski definition) is 5. The van der Waals surface area contributed by atoms with E-state index in [2.05, 4.69) is 4.74 Å². The molecular weight excluding hydrogens is 418 g/mol. The third-order valence-corrected chi connectivity index (χ3v) is 5.13. The molecule has 6 N–H and O–H groups in total. The van der Waals surface area contributed by atoms with Crippen LogP contribution >= 0.6 is 0 Å². The number of esters is 1. The van der Waals surface area contributed by atoms with E-state index in [9.17, 15) is 14.7 Å². The number of carboxylic acid groups (broad SMARTS) is 1. The molecule has 3 rings (SSSR count). The van der Waals surface area contributed by atoms with Gasteiger partial charge in [0.25, 0.3) is 0 Å². The van der Waals surface area contributed by atoms with Gasteiger partial charge >= 0.3 is 11.9 Å². The molecule has 0 aliphatic carbocycles. The number of methoxy groups -OCH3 is 1. The Balaban J connectivity index is 0.000000227. The predicted molar refractivity (Wildman–Crippen MR) is 115 cm³/mol. The average molecular weight is 447 g/mol. The van der Waals surface area contributed by atoms with E-state index in [1.807, 2.05) is 24.3 Å². The monoisotopic (exact) mass is 447 g/mol. The molecule has 0 saturated carbocycles. The Morgan fingerprint density at radius 2 is 1.81 bits per heavy atom. The summed E-state index contributed by atoms with van der Waals surface area (Å²) in [5.41, 5.74) is 6.48. The fraction of sp³-hybridized carbons (Fsp3) is 0.391. The minimum absolute atomic E-state index is 0.0209. The zero-order valence-electron chi connectivity index (χ0n) is 17.8. The van der Waals surface area contributed by atoms with Gasteiger partial charge in [-0.3, -0.25) is 4.79 Å². The fourth-order valence-electron chi connectivity index (χ4n) is 3.15. The molecular formula is C23H29NO8. The number of aliphatic carboxylic acids is 1. The van der Waals surface area contributed by atoms with Crippen molar-refractivity contribution in [3.63, 3.8) is 0 Å². The largest absolute Gasteiger partial charge is 0.508 e. The van der Waals surface area contributed by atoms with Gasteiger partial charge in [-0.15, -0.1) is 0 Å². The highest BCUT2D eigenvalue weighted by molar-refractivity contribution is 5.78. The summed E-state index contributed by atoms with van der Waals surface area (Å²) < 4.78 is 9.81. The number of aromatic hydroxyl groups is 1. The molecule has 0 bridgehead atoms.